The lowest BCUT2D eigenvalue weighted by Crippen LogP contribution is -2.05. The quantitative estimate of drug-likeness (QED) is 0.683. The normalized spacial score (nSPS) is 9.43. The van der Waals surface area contributed by atoms with Crippen LogP contribution >= 0.6 is 0 Å². The summed E-state index contributed by atoms with van der Waals surface area (Å²) < 4.78 is 0. The summed E-state index contributed by atoms with van der Waals surface area (Å²) in [5.41, 5.74) is 7.63. The van der Waals surface area contributed by atoms with E-state index in [1.807, 2.05) is 6.07 Å². The number of aliphatic carboxylic acids is 1. The number of nitriles is 1. The molecule has 0 aliphatic carbocycles. The van der Waals surface area contributed by atoms with Gasteiger partial charge < -0.3 is 10.8 Å². The average molecular weight is 190 g/mol. The average Bonchev–Trinajstić information content (AvgIpc) is 2.08. The molecule has 0 fully saturated rings. The number of hydrogen-bond acceptors (Lipinski definition) is 3. The smallest absolute Gasteiger partial charge is 0.307 e. The highest BCUT2D eigenvalue weighted by Crippen LogP contribution is 2.18. The van der Waals surface area contributed by atoms with E-state index in [-0.39, 0.29) is 6.42 Å². The number of hydrogen-bond donors (Lipinski definition) is 2. The molecule has 0 amide bonds. The molecule has 1 aromatic rings. The number of carbonyl (C=O) groups is 1. The van der Waals surface area contributed by atoms with Crippen molar-refractivity contribution >= 4 is 11.7 Å². The largest absolute Gasteiger partial charge is 0.481 e. The maximum Gasteiger partial charge on any atom is 0.307 e. The monoisotopic (exact) mass is 190 g/mol. The highest BCUT2D eigenvalue weighted by molar-refractivity contribution is 5.73. The van der Waals surface area contributed by atoms with Crippen molar-refractivity contribution in [1.82, 2.24) is 0 Å². The number of rotatable bonds is 2. The van der Waals surface area contributed by atoms with E-state index in [4.69, 9.17) is 16.1 Å². The van der Waals surface area contributed by atoms with Gasteiger partial charge in [0, 0.05) is 5.69 Å². The molecule has 1 rings (SSSR count). The highest BCUT2D eigenvalue weighted by atomic mass is 16.4. The molecule has 4 heteroatoms. The predicted octanol–water partition coefficient (Wildman–Crippen LogP) is 1.08. The number of aryl methyl sites for hydroxylation is 1. The van der Waals surface area contributed by atoms with Crippen molar-refractivity contribution < 1.29 is 9.90 Å². The number of nitrogens with zero attached hydrogens (tertiary/aromatic N) is 1. The zero-order valence-corrected chi connectivity index (χ0v) is 7.74. The lowest BCUT2D eigenvalue weighted by atomic mass is 9.99. The van der Waals surface area contributed by atoms with Gasteiger partial charge in [-0.1, -0.05) is 0 Å². The fourth-order valence-corrected chi connectivity index (χ4v) is 1.33. The fourth-order valence-electron chi connectivity index (χ4n) is 1.33. The molecule has 0 saturated heterocycles. The lowest BCUT2D eigenvalue weighted by Gasteiger charge is -2.06. The number of nitrogen functional groups attached to an aromatic ring is 1. The van der Waals surface area contributed by atoms with Gasteiger partial charge in [0.15, 0.2) is 0 Å². The first-order valence-corrected chi connectivity index (χ1v) is 4.05. The minimum absolute atomic E-state index is 0.144. The van der Waals surface area contributed by atoms with Crippen molar-refractivity contribution in [2.75, 3.05) is 5.73 Å². The second-order valence-electron chi connectivity index (χ2n) is 3.05. The Hall–Kier alpha value is -2.02. The first-order valence-electron chi connectivity index (χ1n) is 4.05. The molecule has 0 saturated carbocycles. The Kier molecular flexibility index (Phi) is 2.73. The van der Waals surface area contributed by atoms with Gasteiger partial charge in [-0.2, -0.15) is 5.26 Å². The second-order valence-corrected chi connectivity index (χ2v) is 3.05. The van der Waals surface area contributed by atoms with Crippen LogP contribution in [0.5, 0.6) is 0 Å². The molecular formula is C10H10N2O2. The van der Waals surface area contributed by atoms with Gasteiger partial charge >= 0.3 is 5.97 Å². The molecule has 0 aromatic heterocycles. The van der Waals surface area contributed by atoms with Crippen molar-refractivity contribution in [2.24, 2.45) is 0 Å². The van der Waals surface area contributed by atoms with E-state index in [0.29, 0.717) is 16.8 Å². The highest BCUT2D eigenvalue weighted by Gasteiger charge is 2.10. The van der Waals surface area contributed by atoms with E-state index in [2.05, 4.69) is 0 Å². The van der Waals surface area contributed by atoms with Crippen LogP contribution in [0.1, 0.15) is 16.7 Å². The van der Waals surface area contributed by atoms with E-state index >= 15 is 0 Å². The van der Waals surface area contributed by atoms with Crippen molar-refractivity contribution in [3.63, 3.8) is 0 Å². The van der Waals surface area contributed by atoms with Crippen LogP contribution in [0.2, 0.25) is 0 Å². The SMILES string of the molecule is Cc1cc(N)cc(C#N)c1CC(=O)O. The zero-order chi connectivity index (χ0) is 10.7. The molecule has 0 atom stereocenters. The minimum Gasteiger partial charge on any atom is -0.481 e. The van der Waals surface area contributed by atoms with E-state index < -0.39 is 5.97 Å². The van der Waals surface area contributed by atoms with Crippen LogP contribution in [0.15, 0.2) is 12.1 Å². The Bertz CT molecular complexity index is 419. The van der Waals surface area contributed by atoms with Crippen molar-refractivity contribution in [3.8, 4) is 6.07 Å². The van der Waals surface area contributed by atoms with Gasteiger partial charge in [-0.3, -0.25) is 4.79 Å². The van der Waals surface area contributed by atoms with Gasteiger partial charge in [0.2, 0.25) is 0 Å². The first kappa shape index (κ1) is 10.1. The minimum atomic E-state index is -0.950. The van der Waals surface area contributed by atoms with Crippen LogP contribution in [0, 0.1) is 18.3 Å². The molecule has 1 aromatic carbocycles. The third kappa shape index (κ3) is 2.02. The molecule has 0 spiro atoms. The summed E-state index contributed by atoms with van der Waals surface area (Å²) in [6.07, 6.45) is -0.144. The molecule has 0 aliphatic heterocycles. The van der Waals surface area contributed by atoms with E-state index in [1.54, 1.807) is 13.0 Å². The van der Waals surface area contributed by atoms with Crippen LogP contribution in [0.3, 0.4) is 0 Å². The number of carboxylic acids is 1. The summed E-state index contributed by atoms with van der Waals surface area (Å²) in [6, 6.07) is 5.10. The Balaban J connectivity index is 3.27. The Morgan fingerprint density at radius 1 is 1.64 bits per heavy atom. The summed E-state index contributed by atoms with van der Waals surface area (Å²) in [4.78, 5) is 10.5. The van der Waals surface area contributed by atoms with Gasteiger partial charge in [0.25, 0.3) is 0 Å². The lowest BCUT2D eigenvalue weighted by molar-refractivity contribution is -0.136. The molecule has 0 bridgehead atoms. The van der Waals surface area contributed by atoms with E-state index in [0.717, 1.165) is 5.56 Å². The summed E-state index contributed by atoms with van der Waals surface area (Å²) >= 11 is 0. The zero-order valence-electron chi connectivity index (χ0n) is 7.74. The molecule has 0 aliphatic rings. The van der Waals surface area contributed by atoms with Crippen molar-refractivity contribution in [3.05, 3.63) is 28.8 Å². The molecule has 72 valence electrons. The molecule has 0 radical (unpaired) electrons. The summed E-state index contributed by atoms with van der Waals surface area (Å²) in [5, 5.41) is 17.4. The van der Waals surface area contributed by atoms with Crippen LogP contribution in [-0.4, -0.2) is 11.1 Å². The molecule has 14 heavy (non-hydrogen) atoms. The van der Waals surface area contributed by atoms with Crippen LogP contribution in [0.4, 0.5) is 5.69 Å². The van der Waals surface area contributed by atoms with Gasteiger partial charge in [-0.15, -0.1) is 0 Å². The van der Waals surface area contributed by atoms with Crippen LogP contribution < -0.4 is 5.73 Å². The van der Waals surface area contributed by atoms with Gasteiger partial charge in [0.05, 0.1) is 18.1 Å². The summed E-state index contributed by atoms with van der Waals surface area (Å²) in [7, 11) is 0. The van der Waals surface area contributed by atoms with Crippen molar-refractivity contribution in [2.45, 2.75) is 13.3 Å². The van der Waals surface area contributed by atoms with Crippen LogP contribution in [0.25, 0.3) is 0 Å². The fraction of sp³-hybridized carbons (Fsp3) is 0.200. The Morgan fingerprint density at radius 3 is 2.79 bits per heavy atom. The van der Waals surface area contributed by atoms with Gasteiger partial charge in [0.1, 0.15) is 0 Å². The maximum atomic E-state index is 10.5. The number of benzene rings is 1. The summed E-state index contributed by atoms with van der Waals surface area (Å²) in [5.74, 6) is -0.950. The predicted molar refractivity (Wildman–Crippen MR) is 51.6 cm³/mol. The Labute approximate surface area is 81.6 Å². The van der Waals surface area contributed by atoms with Gasteiger partial charge in [-0.25, -0.2) is 0 Å². The topological polar surface area (TPSA) is 87.1 Å². The standard InChI is InChI=1S/C10H10N2O2/c1-6-2-8(12)3-7(5-11)9(6)4-10(13)14/h2-3H,4,12H2,1H3,(H,13,14). The van der Waals surface area contributed by atoms with E-state index in [1.165, 1.54) is 6.07 Å². The third-order valence-electron chi connectivity index (χ3n) is 1.94. The second kappa shape index (κ2) is 3.79. The Morgan fingerprint density at radius 2 is 2.29 bits per heavy atom. The first-order chi connectivity index (χ1) is 6.54. The van der Waals surface area contributed by atoms with Crippen molar-refractivity contribution in [1.29, 1.82) is 5.26 Å². The van der Waals surface area contributed by atoms with Gasteiger partial charge in [-0.05, 0) is 30.2 Å². The van der Waals surface area contributed by atoms with Crippen LogP contribution in [-0.2, 0) is 11.2 Å². The molecule has 0 heterocycles. The molecule has 0 unspecified atom stereocenters. The summed E-state index contributed by atoms with van der Waals surface area (Å²) in [6.45, 7) is 1.75. The number of carboxylic acid groups (broad SMARTS) is 1. The number of anilines is 1. The third-order valence-corrected chi connectivity index (χ3v) is 1.94. The number of nitrogens with two attached hydrogens (primary N) is 1. The molecule has 4 nitrogen and oxygen atoms in total. The maximum absolute atomic E-state index is 10.5. The van der Waals surface area contributed by atoms with E-state index in [9.17, 15) is 4.79 Å². The molecule has 3 N–H and O–H groups in total. The molecular weight excluding hydrogens is 180 g/mol.